The van der Waals surface area contributed by atoms with Gasteiger partial charge in [0.1, 0.15) is 16.5 Å². The van der Waals surface area contributed by atoms with Gasteiger partial charge in [-0.05, 0) is 0 Å². The van der Waals surface area contributed by atoms with E-state index in [2.05, 4.69) is 9.97 Å². The molecule has 1 rings (SSSR count). The standard InChI is InChI=1S/C7H6ClF3N2/c1-2-5-12-3-4(6(8)13-5)7(9,10)11/h3H,2H2,1H3. The van der Waals surface area contributed by atoms with E-state index in [0.29, 0.717) is 18.4 Å². The van der Waals surface area contributed by atoms with Gasteiger partial charge in [0.05, 0.1) is 0 Å². The molecule has 2 nitrogen and oxygen atoms in total. The molecule has 72 valence electrons. The van der Waals surface area contributed by atoms with Gasteiger partial charge in [-0.25, -0.2) is 9.97 Å². The average Bonchev–Trinajstić information content (AvgIpc) is 2.01. The Labute approximate surface area is 77.8 Å². The van der Waals surface area contributed by atoms with Gasteiger partial charge in [0.25, 0.3) is 0 Å². The Morgan fingerprint density at radius 1 is 1.46 bits per heavy atom. The number of nitrogens with zero attached hydrogens (tertiary/aromatic N) is 2. The highest BCUT2D eigenvalue weighted by molar-refractivity contribution is 6.30. The summed E-state index contributed by atoms with van der Waals surface area (Å²) in [6.07, 6.45) is -3.32. The summed E-state index contributed by atoms with van der Waals surface area (Å²) in [7, 11) is 0. The molecule has 0 saturated carbocycles. The maximum atomic E-state index is 12.1. The Balaban J connectivity index is 3.13. The van der Waals surface area contributed by atoms with Gasteiger partial charge in [0, 0.05) is 12.6 Å². The first-order chi connectivity index (χ1) is 5.95. The third kappa shape index (κ3) is 2.30. The maximum absolute atomic E-state index is 12.1. The molecular weight excluding hydrogens is 205 g/mol. The molecular formula is C7H6ClF3N2. The number of aryl methyl sites for hydroxylation is 1. The van der Waals surface area contributed by atoms with Crippen molar-refractivity contribution in [3.05, 3.63) is 22.7 Å². The Kier molecular flexibility index (Phi) is 2.75. The topological polar surface area (TPSA) is 25.8 Å². The zero-order valence-corrected chi connectivity index (χ0v) is 7.45. The molecule has 0 aliphatic rings. The van der Waals surface area contributed by atoms with Crippen LogP contribution in [0.5, 0.6) is 0 Å². The minimum absolute atomic E-state index is 0.304. The molecule has 0 fully saturated rings. The molecule has 13 heavy (non-hydrogen) atoms. The lowest BCUT2D eigenvalue weighted by atomic mass is 10.3. The van der Waals surface area contributed by atoms with Crippen LogP contribution < -0.4 is 0 Å². The Morgan fingerprint density at radius 3 is 2.46 bits per heavy atom. The van der Waals surface area contributed by atoms with Gasteiger partial charge in [-0.3, -0.25) is 0 Å². The molecule has 0 spiro atoms. The van der Waals surface area contributed by atoms with E-state index in [1.807, 2.05) is 0 Å². The van der Waals surface area contributed by atoms with E-state index < -0.39 is 16.9 Å². The SMILES string of the molecule is CCc1ncc(C(F)(F)F)c(Cl)n1. The normalized spacial score (nSPS) is 11.8. The average molecular weight is 211 g/mol. The van der Waals surface area contributed by atoms with Gasteiger partial charge in [0.2, 0.25) is 0 Å². The molecule has 0 aliphatic heterocycles. The number of halogens is 4. The van der Waals surface area contributed by atoms with Crippen molar-refractivity contribution in [2.45, 2.75) is 19.5 Å². The fourth-order valence-electron chi connectivity index (χ4n) is 0.755. The van der Waals surface area contributed by atoms with Crippen molar-refractivity contribution in [2.75, 3.05) is 0 Å². The van der Waals surface area contributed by atoms with Crippen molar-refractivity contribution in [1.29, 1.82) is 0 Å². The zero-order valence-electron chi connectivity index (χ0n) is 6.69. The molecule has 6 heteroatoms. The van der Waals surface area contributed by atoms with E-state index in [1.165, 1.54) is 0 Å². The lowest BCUT2D eigenvalue weighted by Crippen LogP contribution is -2.09. The van der Waals surface area contributed by atoms with Crippen LogP contribution >= 0.6 is 11.6 Å². The predicted octanol–water partition coefficient (Wildman–Crippen LogP) is 2.71. The molecule has 1 aromatic rings. The van der Waals surface area contributed by atoms with E-state index >= 15 is 0 Å². The van der Waals surface area contributed by atoms with Crippen molar-refractivity contribution < 1.29 is 13.2 Å². The largest absolute Gasteiger partial charge is 0.420 e. The van der Waals surface area contributed by atoms with Crippen molar-refractivity contribution >= 4 is 11.6 Å². The number of aromatic nitrogens is 2. The number of alkyl halides is 3. The zero-order chi connectivity index (χ0) is 10.1. The molecule has 0 unspecified atom stereocenters. The molecule has 0 radical (unpaired) electrons. The number of rotatable bonds is 1. The predicted molar refractivity (Wildman–Crippen MR) is 41.4 cm³/mol. The van der Waals surface area contributed by atoms with Crippen LogP contribution in [0.15, 0.2) is 6.20 Å². The van der Waals surface area contributed by atoms with Crippen LogP contribution in [0.25, 0.3) is 0 Å². The first-order valence-corrected chi connectivity index (χ1v) is 3.91. The van der Waals surface area contributed by atoms with Crippen molar-refractivity contribution in [2.24, 2.45) is 0 Å². The molecule has 1 heterocycles. The second-order valence-corrected chi connectivity index (χ2v) is 2.70. The van der Waals surface area contributed by atoms with Crippen LogP contribution in [0.4, 0.5) is 13.2 Å². The Bertz CT molecular complexity index is 311. The molecule has 0 atom stereocenters. The van der Waals surface area contributed by atoms with Crippen LogP contribution in [0, 0.1) is 0 Å². The lowest BCUT2D eigenvalue weighted by Gasteiger charge is -2.07. The summed E-state index contributed by atoms with van der Waals surface area (Å²) in [6, 6.07) is 0. The monoisotopic (exact) mass is 210 g/mol. The second-order valence-electron chi connectivity index (χ2n) is 2.34. The maximum Gasteiger partial charge on any atom is 0.420 e. The second kappa shape index (κ2) is 3.49. The molecule has 0 bridgehead atoms. The highest BCUT2D eigenvalue weighted by Crippen LogP contribution is 2.32. The Morgan fingerprint density at radius 2 is 2.08 bits per heavy atom. The minimum atomic E-state index is -4.48. The molecule has 0 saturated heterocycles. The van der Waals surface area contributed by atoms with Gasteiger partial charge < -0.3 is 0 Å². The van der Waals surface area contributed by atoms with Gasteiger partial charge in [-0.1, -0.05) is 18.5 Å². The first kappa shape index (κ1) is 10.2. The minimum Gasteiger partial charge on any atom is -0.241 e. The van der Waals surface area contributed by atoms with E-state index in [9.17, 15) is 13.2 Å². The summed E-state index contributed by atoms with van der Waals surface area (Å²) in [4.78, 5) is 7.00. The number of hydrogen-bond acceptors (Lipinski definition) is 2. The van der Waals surface area contributed by atoms with Crippen molar-refractivity contribution in [1.82, 2.24) is 9.97 Å². The summed E-state index contributed by atoms with van der Waals surface area (Å²) in [6.45, 7) is 1.74. The summed E-state index contributed by atoms with van der Waals surface area (Å²) in [5.41, 5.74) is -0.994. The quantitative estimate of drug-likeness (QED) is 0.666. The van der Waals surface area contributed by atoms with Crippen molar-refractivity contribution in [3.8, 4) is 0 Å². The van der Waals surface area contributed by atoms with Crippen LogP contribution in [0.1, 0.15) is 18.3 Å². The van der Waals surface area contributed by atoms with E-state index in [-0.39, 0.29) is 0 Å². The third-order valence-corrected chi connectivity index (χ3v) is 1.70. The molecule has 0 amide bonds. The fraction of sp³-hybridized carbons (Fsp3) is 0.429. The highest BCUT2D eigenvalue weighted by Gasteiger charge is 2.34. The number of hydrogen-bond donors (Lipinski definition) is 0. The van der Waals surface area contributed by atoms with E-state index in [4.69, 9.17) is 11.6 Å². The summed E-state index contributed by atoms with van der Waals surface area (Å²) >= 11 is 5.32. The van der Waals surface area contributed by atoms with Crippen LogP contribution in [0.2, 0.25) is 5.15 Å². The lowest BCUT2D eigenvalue weighted by molar-refractivity contribution is -0.138. The van der Waals surface area contributed by atoms with E-state index in [0.717, 1.165) is 0 Å². The van der Waals surface area contributed by atoms with Crippen LogP contribution in [-0.4, -0.2) is 9.97 Å². The fourth-order valence-corrected chi connectivity index (χ4v) is 1.01. The van der Waals surface area contributed by atoms with Gasteiger partial charge >= 0.3 is 6.18 Å². The molecule has 0 aromatic carbocycles. The van der Waals surface area contributed by atoms with Gasteiger partial charge in [-0.15, -0.1) is 0 Å². The van der Waals surface area contributed by atoms with Crippen molar-refractivity contribution in [3.63, 3.8) is 0 Å². The van der Waals surface area contributed by atoms with Gasteiger partial charge in [0.15, 0.2) is 0 Å². The smallest absolute Gasteiger partial charge is 0.241 e. The third-order valence-electron chi connectivity index (χ3n) is 1.41. The molecule has 0 aliphatic carbocycles. The molecule has 0 N–H and O–H groups in total. The van der Waals surface area contributed by atoms with E-state index in [1.54, 1.807) is 6.92 Å². The summed E-state index contributed by atoms with van der Waals surface area (Å²) < 4.78 is 36.4. The van der Waals surface area contributed by atoms with Crippen LogP contribution in [-0.2, 0) is 12.6 Å². The first-order valence-electron chi connectivity index (χ1n) is 3.53. The highest BCUT2D eigenvalue weighted by atomic mass is 35.5. The Hall–Kier alpha value is -0.840. The summed E-state index contributed by atoms with van der Waals surface area (Å²) in [5.74, 6) is 0.304. The summed E-state index contributed by atoms with van der Waals surface area (Å²) in [5, 5.41) is -0.542. The van der Waals surface area contributed by atoms with Crippen LogP contribution in [0.3, 0.4) is 0 Å². The molecule has 1 aromatic heterocycles. The van der Waals surface area contributed by atoms with Gasteiger partial charge in [-0.2, -0.15) is 13.2 Å².